The molecule has 2 atom stereocenters. The van der Waals surface area contributed by atoms with E-state index in [1.54, 1.807) is 18.5 Å². The Morgan fingerprint density at radius 3 is 2.34 bits per heavy atom. The van der Waals surface area contributed by atoms with Crippen molar-refractivity contribution in [2.24, 2.45) is 17.3 Å². The molecule has 0 saturated heterocycles. The van der Waals surface area contributed by atoms with E-state index in [1.807, 2.05) is 4.68 Å². The van der Waals surface area contributed by atoms with Gasteiger partial charge in [-0.1, -0.05) is 0 Å². The summed E-state index contributed by atoms with van der Waals surface area (Å²) >= 11 is 6.03. The van der Waals surface area contributed by atoms with E-state index in [-0.39, 0.29) is 22.5 Å². The lowest BCUT2D eigenvalue weighted by molar-refractivity contribution is -0.150. The third kappa shape index (κ3) is 3.27. The predicted octanol–water partition coefficient (Wildman–Crippen LogP) is 4.09. The smallest absolute Gasteiger partial charge is 0.242 e. The van der Waals surface area contributed by atoms with E-state index in [9.17, 15) is 9.59 Å². The second-order valence-corrected chi connectivity index (χ2v) is 10.0. The topological polar surface area (TPSA) is 95.3 Å². The molecular weight excluding hydrogens is 432 g/mol. The Hall–Kier alpha value is -2.61. The number of methoxy groups -OCH3 is 2. The van der Waals surface area contributed by atoms with Crippen LogP contribution in [0.2, 0.25) is 5.28 Å². The highest BCUT2D eigenvalue weighted by Crippen LogP contribution is 2.64. The minimum atomic E-state index is -0.510. The first-order chi connectivity index (χ1) is 15.3. The van der Waals surface area contributed by atoms with Gasteiger partial charge in [0.1, 0.15) is 6.33 Å². The van der Waals surface area contributed by atoms with E-state index in [0.29, 0.717) is 41.0 Å². The van der Waals surface area contributed by atoms with Crippen LogP contribution in [0, 0.1) is 17.3 Å². The number of ether oxygens (including phenoxy) is 2. The van der Waals surface area contributed by atoms with Crippen LogP contribution in [0.15, 0.2) is 18.5 Å². The molecule has 1 aromatic carbocycles. The molecule has 0 aliphatic heterocycles. The van der Waals surface area contributed by atoms with E-state index >= 15 is 0 Å². The molecule has 32 heavy (non-hydrogen) atoms. The summed E-state index contributed by atoms with van der Waals surface area (Å²) in [6.45, 7) is 1.48. The number of rotatable bonds is 6. The largest absolute Gasteiger partial charge is 0.493 e. The number of amides is 1. The van der Waals surface area contributed by atoms with E-state index in [0.717, 1.165) is 32.1 Å². The van der Waals surface area contributed by atoms with E-state index in [2.05, 4.69) is 15.4 Å². The molecule has 1 heterocycles. The number of nitrogens with one attached hydrogen (secondary N) is 1. The lowest BCUT2D eigenvalue weighted by atomic mass is 9.46. The van der Waals surface area contributed by atoms with Gasteiger partial charge in [0, 0.05) is 11.6 Å². The summed E-state index contributed by atoms with van der Waals surface area (Å²) in [4.78, 5) is 30.3. The van der Waals surface area contributed by atoms with E-state index in [4.69, 9.17) is 21.1 Å². The molecule has 4 saturated carbocycles. The molecule has 0 radical (unpaired) electrons. The fourth-order valence-electron chi connectivity index (χ4n) is 6.75. The number of hydrogen-bond donors (Lipinski definition) is 1. The summed E-state index contributed by atoms with van der Waals surface area (Å²) in [5.41, 5.74) is 0.110. The van der Waals surface area contributed by atoms with Gasteiger partial charge in [0.25, 0.3) is 0 Å². The maximum Gasteiger partial charge on any atom is 0.242 e. The molecule has 4 fully saturated rings. The zero-order valence-corrected chi connectivity index (χ0v) is 19.2. The minimum absolute atomic E-state index is 0.0445. The number of aromatic nitrogens is 3. The zero-order valence-electron chi connectivity index (χ0n) is 18.5. The van der Waals surface area contributed by atoms with Crippen molar-refractivity contribution >= 4 is 29.0 Å². The van der Waals surface area contributed by atoms with Crippen molar-refractivity contribution in [3.05, 3.63) is 29.3 Å². The Morgan fingerprint density at radius 1 is 1.12 bits per heavy atom. The summed E-state index contributed by atoms with van der Waals surface area (Å²) in [6.07, 6.45) is 7.23. The fraction of sp³-hybridized carbons (Fsp3) is 0.565. The molecule has 1 amide bonds. The Morgan fingerprint density at radius 2 is 1.78 bits per heavy atom. The van der Waals surface area contributed by atoms with Crippen molar-refractivity contribution in [2.45, 2.75) is 51.0 Å². The Kier molecular flexibility index (Phi) is 4.96. The van der Waals surface area contributed by atoms with Crippen LogP contribution in [0.5, 0.6) is 11.5 Å². The van der Waals surface area contributed by atoms with Crippen LogP contribution in [0.1, 0.15) is 55.8 Å². The van der Waals surface area contributed by atoms with Crippen molar-refractivity contribution in [3.8, 4) is 11.5 Å². The zero-order chi connectivity index (χ0) is 22.7. The molecule has 4 aliphatic rings. The average molecular weight is 459 g/mol. The molecule has 9 heteroatoms. The van der Waals surface area contributed by atoms with Gasteiger partial charge < -0.3 is 14.8 Å². The molecule has 4 bridgehead atoms. The van der Waals surface area contributed by atoms with Gasteiger partial charge in [-0.15, -0.1) is 5.10 Å². The number of nitrogens with zero attached hydrogens (tertiary/aromatic N) is 3. The molecule has 4 aliphatic carbocycles. The van der Waals surface area contributed by atoms with Crippen molar-refractivity contribution in [3.63, 3.8) is 0 Å². The van der Waals surface area contributed by atoms with E-state index < -0.39 is 5.41 Å². The van der Waals surface area contributed by atoms with Gasteiger partial charge in [-0.05, 0) is 75.0 Å². The van der Waals surface area contributed by atoms with Gasteiger partial charge in [-0.2, -0.15) is 0 Å². The fourth-order valence-corrected chi connectivity index (χ4v) is 6.87. The summed E-state index contributed by atoms with van der Waals surface area (Å²) in [5, 5.41) is 7.73. The number of carbonyl (C=O) groups excluding carboxylic acids is 2. The first kappa shape index (κ1) is 21.2. The molecule has 6 rings (SSSR count). The van der Waals surface area contributed by atoms with Gasteiger partial charge >= 0.3 is 0 Å². The van der Waals surface area contributed by atoms with Crippen LogP contribution >= 0.6 is 11.6 Å². The third-order valence-electron chi connectivity index (χ3n) is 7.61. The summed E-state index contributed by atoms with van der Waals surface area (Å²) in [7, 11) is 3.05. The van der Waals surface area contributed by atoms with Crippen molar-refractivity contribution in [1.29, 1.82) is 0 Å². The standard InChI is InChI=1S/C23H27ClN4O4/c1-13(29)16-5-18(31-2)19(32-3)6-17(16)26-20(30)22-7-14-4-15(8-22)10-23(9-14,11-22)28-12-25-21(24)27-28/h5-6,12,14-15H,4,7-11H2,1-3H3,(H,26,30). The van der Waals surface area contributed by atoms with Crippen LogP contribution in [-0.4, -0.2) is 40.7 Å². The lowest BCUT2D eigenvalue weighted by Crippen LogP contribution is -2.60. The SMILES string of the molecule is COc1cc(NC(=O)C23CC4CC(C2)CC(n2cnc(Cl)n2)(C4)C3)c(C(C)=O)cc1OC. The Balaban J connectivity index is 1.49. The molecule has 170 valence electrons. The molecule has 8 nitrogen and oxygen atoms in total. The summed E-state index contributed by atoms with van der Waals surface area (Å²) < 4.78 is 12.6. The van der Waals surface area contributed by atoms with Gasteiger partial charge in [0.15, 0.2) is 17.3 Å². The Labute approximate surface area is 191 Å². The van der Waals surface area contributed by atoms with Crippen molar-refractivity contribution < 1.29 is 19.1 Å². The van der Waals surface area contributed by atoms with Crippen LogP contribution in [0.3, 0.4) is 0 Å². The maximum absolute atomic E-state index is 13.8. The number of benzene rings is 1. The van der Waals surface area contributed by atoms with Crippen LogP contribution < -0.4 is 14.8 Å². The first-order valence-electron chi connectivity index (χ1n) is 10.9. The predicted molar refractivity (Wildman–Crippen MR) is 118 cm³/mol. The van der Waals surface area contributed by atoms with Crippen LogP contribution in [-0.2, 0) is 10.3 Å². The molecule has 1 N–H and O–H groups in total. The Bertz CT molecular complexity index is 1080. The second kappa shape index (κ2) is 7.47. The highest BCUT2D eigenvalue weighted by atomic mass is 35.5. The average Bonchev–Trinajstić information content (AvgIpc) is 3.19. The van der Waals surface area contributed by atoms with Crippen molar-refractivity contribution in [1.82, 2.24) is 14.8 Å². The molecular formula is C23H27ClN4O4. The molecule has 1 aromatic heterocycles. The summed E-state index contributed by atoms with van der Waals surface area (Å²) in [5.74, 6) is 1.64. The number of halogens is 1. The first-order valence-corrected chi connectivity index (χ1v) is 11.3. The number of anilines is 1. The highest BCUT2D eigenvalue weighted by molar-refractivity contribution is 6.28. The maximum atomic E-state index is 13.8. The molecule has 2 unspecified atom stereocenters. The molecule has 0 spiro atoms. The quantitative estimate of drug-likeness (QED) is 0.655. The highest BCUT2D eigenvalue weighted by Gasteiger charge is 2.61. The lowest BCUT2D eigenvalue weighted by Gasteiger charge is -2.60. The monoisotopic (exact) mass is 458 g/mol. The number of Topliss-reactive ketones (excluding diaryl/α,β-unsaturated/α-hetero) is 1. The minimum Gasteiger partial charge on any atom is -0.493 e. The third-order valence-corrected chi connectivity index (χ3v) is 7.79. The summed E-state index contributed by atoms with van der Waals surface area (Å²) in [6, 6.07) is 3.29. The normalized spacial score (nSPS) is 30.2. The number of carbonyl (C=O) groups is 2. The van der Waals surface area contributed by atoms with E-state index in [1.165, 1.54) is 21.1 Å². The van der Waals surface area contributed by atoms with Gasteiger partial charge in [0.05, 0.1) is 30.9 Å². The van der Waals surface area contributed by atoms with Crippen LogP contribution in [0.25, 0.3) is 0 Å². The van der Waals surface area contributed by atoms with Gasteiger partial charge in [0.2, 0.25) is 11.2 Å². The number of ketones is 1. The second-order valence-electron chi connectivity index (χ2n) is 9.69. The number of hydrogen-bond acceptors (Lipinski definition) is 6. The van der Waals surface area contributed by atoms with Gasteiger partial charge in [-0.3, -0.25) is 9.59 Å². The van der Waals surface area contributed by atoms with Gasteiger partial charge in [-0.25, -0.2) is 9.67 Å². The molecule has 2 aromatic rings. The van der Waals surface area contributed by atoms with Crippen LogP contribution in [0.4, 0.5) is 5.69 Å². The van der Waals surface area contributed by atoms with Crippen molar-refractivity contribution in [2.75, 3.05) is 19.5 Å².